The van der Waals surface area contributed by atoms with Crippen molar-refractivity contribution in [1.82, 2.24) is 0 Å². The molecule has 0 bridgehead atoms. The molecule has 25 heavy (non-hydrogen) atoms. The quantitative estimate of drug-likeness (QED) is 0.207. The Hall–Kier alpha value is -1.68. The summed E-state index contributed by atoms with van der Waals surface area (Å²) in [4.78, 5) is 11.7. The molecule has 0 atom stereocenters. The molecule has 0 amide bonds. The van der Waals surface area contributed by atoms with Gasteiger partial charge < -0.3 is 14.2 Å². The predicted molar refractivity (Wildman–Crippen MR) is 103 cm³/mol. The summed E-state index contributed by atoms with van der Waals surface area (Å²) in [5.41, 5.74) is 0.860. The first-order valence-electron chi connectivity index (χ1n) is 8.93. The molecule has 1 aromatic rings. The van der Waals surface area contributed by atoms with Crippen molar-refractivity contribution >= 4 is 23.6 Å². The lowest BCUT2D eigenvalue weighted by atomic mass is 10.2. The summed E-state index contributed by atoms with van der Waals surface area (Å²) in [5.74, 6) is 1.73. The Balaban J connectivity index is 2.44. The molecule has 5 heteroatoms. The summed E-state index contributed by atoms with van der Waals surface area (Å²) in [6.45, 7) is 3.23. The second-order valence-corrected chi connectivity index (χ2v) is 6.09. The molecule has 0 aliphatic heterocycles. The van der Waals surface area contributed by atoms with Gasteiger partial charge in [0.2, 0.25) is 0 Å². The van der Waals surface area contributed by atoms with Gasteiger partial charge in [-0.05, 0) is 43.0 Å². The highest BCUT2D eigenvalue weighted by atomic mass is 35.5. The minimum atomic E-state index is -0.334. The lowest BCUT2D eigenvalue weighted by Gasteiger charge is -2.10. The zero-order valence-corrected chi connectivity index (χ0v) is 16.0. The number of esters is 1. The molecule has 0 unspecified atom stereocenters. The number of methoxy groups -OCH3 is 1. The van der Waals surface area contributed by atoms with Crippen LogP contribution in [0.25, 0.3) is 6.08 Å². The van der Waals surface area contributed by atoms with Gasteiger partial charge in [-0.1, -0.05) is 32.3 Å². The summed E-state index contributed by atoms with van der Waals surface area (Å²) < 4.78 is 16.2. The van der Waals surface area contributed by atoms with Crippen LogP contribution in [0.1, 0.15) is 51.0 Å². The Morgan fingerprint density at radius 1 is 1.08 bits per heavy atom. The number of halogens is 1. The topological polar surface area (TPSA) is 44.8 Å². The molecular formula is C20H29ClO4. The van der Waals surface area contributed by atoms with Crippen LogP contribution < -0.4 is 9.47 Å². The molecule has 0 radical (unpaired) electrons. The number of carbonyl (C=O) groups excluding carboxylic acids is 1. The maximum atomic E-state index is 11.7. The van der Waals surface area contributed by atoms with Crippen molar-refractivity contribution in [3.8, 4) is 11.5 Å². The Kier molecular flexibility index (Phi) is 11.6. The molecule has 0 aliphatic rings. The SMILES string of the molecule is CCCCOc1ccc(/C=C/C(=O)OCCCCCCCl)cc1OC. The number of rotatable bonds is 13. The first kappa shape index (κ1) is 21.4. The normalized spacial score (nSPS) is 10.8. The van der Waals surface area contributed by atoms with E-state index in [-0.39, 0.29) is 5.97 Å². The zero-order valence-electron chi connectivity index (χ0n) is 15.3. The fraction of sp³-hybridized carbons (Fsp3) is 0.550. The first-order chi connectivity index (χ1) is 12.2. The van der Waals surface area contributed by atoms with Gasteiger partial charge in [0, 0.05) is 12.0 Å². The van der Waals surface area contributed by atoms with E-state index in [9.17, 15) is 4.79 Å². The van der Waals surface area contributed by atoms with E-state index < -0.39 is 0 Å². The van der Waals surface area contributed by atoms with E-state index in [1.54, 1.807) is 13.2 Å². The molecule has 1 rings (SSSR count). The number of hydrogen-bond acceptors (Lipinski definition) is 4. The monoisotopic (exact) mass is 368 g/mol. The van der Waals surface area contributed by atoms with Crippen molar-refractivity contribution in [2.24, 2.45) is 0 Å². The van der Waals surface area contributed by atoms with Crippen LogP contribution in [0.5, 0.6) is 11.5 Å². The summed E-state index contributed by atoms with van der Waals surface area (Å²) in [6, 6.07) is 5.59. The van der Waals surface area contributed by atoms with Crippen molar-refractivity contribution in [1.29, 1.82) is 0 Å². The third-order valence-corrected chi connectivity index (χ3v) is 3.89. The molecule has 1 aromatic carbocycles. The molecule has 4 nitrogen and oxygen atoms in total. The molecule has 140 valence electrons. The molecule has 0 aliphatic carbocycles. The van der Waals surface area contributed by atoms with Gasteiger partial charge in [0.1, 0.15) is 0 Å². The van der Waals surface area contributed by atoms with E-state index >= 15 is 0 Å². The lowest BCUT2D eigenvalue weighted by molar-refractivity contribution is -0.137. The largest absolute Gasteiger partial charge is 0.493 e. The highest BCUT2D eigenvalue weighted by molar-refractivity contribution is 6.17. The second-order valence-electron chi connectivity index (χ2n) is 5.72. The molecule has 0 saturated carbocycles. The number of unbranched alkanes of at least 4 members (excludes halogenated alkanes) is 4. The highest BCUT2D eigenvalue weighted by Crippen LogP contribution is 2.28. The van der Waals surface area contributed by atoms with Crippen LogP contribution in [0.2, 0.25) is 0 Å². The van der Waals surface area contributed by atoms with E-state index in [1.165, 1.54) is 6.08 Å². The molecule has 0 fully saturated rings. The maximum Gasteiger partial charge on any atom is 0.330 e. The van der Waals surface area contributed by atoms with Crippen molar-refractivity contribution in [2.75, 3.05) is 26.2 Å². The average Bonchev–Trinajstić information content (AvgIpc) is 2.63. The van der Waals surface area contributed by atoms with Crippen LogP contribution in [0.4, 0.5) is 0 Å². The summed E-state index contributed by atoms with van der Waals surface area (Å²) in [5, 5.41) is 0. The fourth-order valence-corrected chi connectivity index (χ4v) is 2.36. The van der Waals surface area contributed by atoms with Gasteiger partial charge >= 0.3 is 5.97 Å². The smallest absolute Gasteiger partial charge is 0.330 e. The fourth-order valence-electron chi connectivity index (χ4n) is 2.17. The summed E-state index contributed by atoms with van der Waals surface area (Å²) in [6.07, 6.45) is 9.22. The van der Waals surface area contributed by atoms with Gasteiger partial charge in [0.15, 0.2) is 11.5 Å². The molecule has 0 heterocycles. The van der Waals surface area contributed by atoms with E-state index in [2.05, 4.69) is 6.92 Å². The zero-order chi connectivity index (χ0) is 18.3. The third kappa shape index (κ3) is 9.40. The Morgan fingerprint density at radius 3 is 2.60 bits per heavy atom. The van der Waals surface area contributed by atoms with Gasteiger partial charge in [-0.2, -0.15) is 0 Å². The number of hydrogen-bond donors (Lipinski definition) is 0. The van der Waals surface area contributed by atoms with Gasteiger partial charge in [0.05, 0.1) is 20.3 Å². The number of ether oxygens (including phenoxy) is 3. The molecule has 0 N–H and O–H groups in total. The van der Waals surface area contributed by atoms with Crippen molar-refractivity contribution in [2.45, 2.75) is 45.4 Å². The Bertz CT molecular complexity index is 528. The Morgan fingerprint density at radius 2 is 1.88 bits per heavy atom. The first-order valence-corrected chi connectivity index (χ1v) is 9.46. The highest BCUT2D eigenvalue weighted by Gasteiger charge is 2.05. The van der Waals surface area contributed by atoms with E-state index in [0.29, 0.717) is 30.6 Å². The van der Waals surface area contributed by atoms with Gasteiger partial charge in [-0.25, -0.2) is 4.79 Å². The van der Waals surface area contributed by atoms with Crippen molar-refractivity contribution in [3.63, 3.8) is 0 Å². The number of carbonyl (C=O) groups is 1. The van der Waals surface area contributed by atoms with Crippen LogP contribution in [0.15, 0.2) is 24.3 Å². The summed E-state index contributed by atoms with van der Waals surface area (Å²) in [7, 11) is 1.61. The van der Waals surface area contributed by atoms with Crippen LogP contribution in [0, 0.1) is 0 Å². The average molecular weight is 369 g/mol. The predicted octanol–water partition coefficient (Wildman–Crippen LogP) is 5.23. The van der Waals surface area contributed by atoms with Gasteiger partial charge in [-0.3, -0.25) is 0 Å². The third-order valence-electron chi connectivity index (χ3n) is 3.63. The van der Waals surface area contributed by atoms with E-state index in [4.69, 9.17) is 25.8 Å². The van der Waals surface area contributed by atoms with Crippen LogP contribution in [-0.2, 0) is 9.53 Å². The number of alkyl halides is 1. The Labute approximate surface area is 156 Å². The minimum absolute atomic E-state index is 0.334. The standard InChI is InChI=1S/C20H29ClO4/c1-3-4-14-24-18-11-9-17(16-19(18)23-2)10-12-20(22)25-15-8-6-5-7-13-21/h9-12,16H,3-8,13-15H2,1-2H3/b12-10+. The molecular weight excluding hydrogens is 340 g/mol. The van der Waals surface area contributed by atoms with Gasteiger partial charge in [-0.15, -0.1) is 11.6 Å². The second kappa shape index (κ2) is 13.6. The van der Waals surface area contributed by atoms with Crippen molar-refractivity contribution in [3.05, 3.63) is 29.8 Å². The minimum Gasteiger partial charge on any atom is -0.493 e. The molecule has 0 aromatic heterocycles. The van der Waals surface area contributed by atoms with Crippen LogP contribution in [-0.4, -0.2) is 32.2 Å². The van der Waals surface area contributed by atoms with Gasteiger partial charge in [0.25, 0.3) is 0 Å². The lowest BCUT2D eigenvalue weighted by Crippen LogP contribution is -2.02. The van der Waals surface area contributed by atoms with E-state index in [0.717, 1.165) is 44.1 Å². The number of benzene rings is 1. The van der Waals surface area contributed by atoms with Crippen molar-refractivity contribution < 1.29 is 19.0 Å². The van der Waals surface area contributed by atoms with Crippen LogP contribution >= 0.6 is 11.6 Å². The maximum absolute atomic E-state index is 11.7. The molecule has 0 spiro atoms. The van der Waals surface area contributed by atoms with E-state index in [1.807, 2.05) is 18.2 Å². The summed E-state index contributed by atoms with van der Waals surface area (Å²) >= 11 is 5.62. The van der Waals surface area contributed by atoms with Crippen LogP contribution in [0.3, 0.4) is 0 Å². The molecule has 0 saturated heterocycles.